The fourth-order valence-corrected chi connectivity index (χ4v) is 2.80. The number of Topliss-reactive ketones (excluding diaryl/α,β-unsaturated/α-hetero) is 1. The lowest BCUT2D eigenvalue weighted by atomic mass is 10.1. The van der Waals surface area contributed by atoms with E-state index >= 15 is 0 Å². The van der Waals surface area contributed by atoms with Crippen molar-refractivity contribution < 1.29 is 9.53 Å². The lowest BCUT2D eigenvalue weighted by Gasteiger charge is -2.06. The van der Waals surface area contributed by atoms with Crippen LogP contribution in [0.5, 0.6) is 5.75 Å². The minimum absolute atomic E-state index is 0.142. The van der Waals surface area contributed by atoms with Crippen LogP contribution in [0.25, 0.3) is 0 Å². The number of hydrogen-bond donors (Lipinski definition) is 0. The quantitative estimate of drug-likeness (QED) is 0.545. The van der Waals surface area contributed by atoms with Crippen LogP contribution in [0.4, 0.5) is 0 Å². The number of carbonyl (C=O) groups is 1. The Bertz CT molecular complexity index is 590. The van der Waals surface area contributed by atoms with Crippen molar-refractivity contribution in [2.24, 2.45) is 0 Å². The molecule has 0 heterocycles. The minimum atomic E-state index is 0.142. The molecule has 0 spiro atoms. The van der Waals surface area contributed by atoms with E-state index in [1.807, 2.05) is 36.4 Å². The lowest BCUT2D eigenvalue weighted by Crippen LogP contribution is -2.02. The first-order valence-electron chi connectivity index (χ1n) is 7.14. The largest absolute Gasteiger partial charge is 0.494 e. The second kappa shape index (κ2) is 7.89. The van der Waals surface area contributed by atoms with Crippen LogP contribution in [0.2, 0.25) is 0 Å². The first kappa shape index (κ1) is 15.6. The molecule has 0 aliphatic heterocycles. The molecule has 3 heteroatoms. The smallest absolute Gasteiger partial charge is 0.173 e. The van der Waals surface area contributed by atoms with E-state index in [1.54, 1.807) is 11.8 Å². The summed E-state index contributed by atoms with van der Waals surface area (Å²) in [4.78, 5) is 13.3. The molecule has 0 amide bonds. The van der Waals surface area contributed by atoms with Crippen molar-refractivity contribution in [1.29, 1.82) is 0 Å². The predicted octanol–water partition coefficient (Wildman–Crippen LogP) is 4.76. The van der Waals surface area contributed by atoms with Gasteiger partial charge in [0.1, 0.15) is 5.75 Å². The number of aryl methyl sites for hydroxylation is 1. The van der Waals surface area contributed by atoms with Gasteiger partial charge in [0.25, 0.3) is 0 Å². The first-order chi connectivity index (χ1) is 10.2. The second-order valence-corrected chi connectivity index (χ2v) is 5.95. The summed E-state index contributed by atoms with van der Waals surface area (Å²) in [6.07, 6.45) is 0.980. The van der Waals surface area contributed by atoms with E-state index in [4.69, 9.17) is 4.74 Å². The summed E-state index contributed by atoms with van der Waals surface area (Å²) in [6, 6.07) is 15.6. The van der Waals surface area contributed by atoms with Gasteiger partial charge in [-0.2, -0.15) is 0 Å². The van der Waals surface area contributed by atoms with Crippen LogP contribution in [-0.4, -0.2) is 18.1 Å². The van der Waals surface area contributed by atoms with Gasteiger partial charge in [-0.3, -0.25) is 4.79 Å². The molecule has 0 aliphatic rings. The molecule has 0 aromatic heterocycles. The molecule has 110 valence electrons. The summed E-state index contributed by atoms with van der Waals surface area (Å²) >= 11 is 1.57. The average Bonchev–Trinajstić information content (AvgIpc) is 2.51. The highest BCUT2D eigenvalue weighted by Crippen LogP contribution is 2.21. The van der Waals surface area contributed by atoms with Crippen LogP contribution in [0.15, 0.2) is 53.4 Å². The molecule has 0 radical (unpaired) electrons. The van der Waals surface area contributed by atoms with Crippen LogP contribution in [0.3, 0.4) is 0 Å². The van der Waals surface area contributed by atoms with Crippen molar-refractivity contribution in [2.75, 3.05) is 12.4 Å². The first-order valence-corrected chi connectivity index (χ1v) is 8.13. The molecule has 0 unspecified atom stereocenters. The molecule has 2 nitrogen and oxygen atoms in total. The number of carbonyl (C=O) groups excluding carboxylic acids is 1. The summed E-state index contributed by atoms with van der Waals surface area (Å²) in [6.45, 7) is 4.83. The number of ether oxygens (including phenoxy) is 1. The third kappa shape index (κ3) is 4.94. The Morgan fingerprint density at radius 3 is 2.57 bits per heavy atom. The van der Waals surface area contributed by atoms with Gasteiger partial charge in [0.05, 0.1) is 12.4 Å². The number of benzene rings is 2. The Morgan fingerprint density at radius 2 is 1.90 bits per heavy atom. The molecule has 0 saturated heterocycles. The van der Waals surface area contributed by atoms with Crippen molar-refractivity contribution >= 4 is 17.5 Å². The van der Waals surface area contributed by atoms with E-state index in [9.17, 15) is 4.79 Å². The zero-order chi connectivity index (χ0) is 15.1. The highest BCUT2D eigenvalue weighted by Gasteiger charge is 2.07. The molecule has 2 aromatic rings. The number of ketones is 1. The maximum absolute atomic E-state index is 12.2. The highest BCUT2D eigenvalue weighted by molar-refractivity contribution is 8.00. The number of hydrogen-bond acceptors (Lipinski definition) is 3. The third-order valence-electron chi connectivity index (χ3n) is 3.01. The predicted molar refractivity (Wildman–Crippen MR) is 88.5 cm³/mol. The van der Waals surface area contributed by atoms with Crippen molar-refractivity contribution in [2.45, 2.75) is 25.2 Å². The van der Waals surface area contributed by atoms with Crippen LogP contribution in [0, 0.1) is 6.92 Å². The van der Waals surface area contributed by atoms with E-state index in [0.717, 1.165) is 22.6 Å². The standard InChI is InChI=1S/C18H20O2S/c1-3-11-20-16-9-7-15(8-10-16)18(19)13-21-17-6-4-5-14(2)12-17/h4-10,12H,3,11,13H2,1-2H3. The molecule has 2 aromatic carbocycles. The fourth-order valence-electron chi connectivity index (χ4n) is 1.89. The van der Waals surface area contributed by atoms with E-state index in [1.165, 1.54) is 5.56 Å². The Kier molecular flexibility index (Phi) is 5.88. The van der Waals surface area contributed by atoms with E-state index < -0.39 is 0 Å². The van der Waals surface area contributed by atoms with Gasteiger partial charge in [-0.1, -0.05) is 24.6 Å². The molecular weight excluding hydrogens is 280 g/mol. The Balaban J connectivity index is 1.91. The van der Waals surface area contributed by atoms with Gasteiger partial charge < -0.3 is 4.74 Å². The summed E-state index contributed by atoms with van der Waals surface area (Å²) in [5, 5.41) is 0. The monoisotopic (exact) mass is 300 g/mol. The van der Waals surface area contributed by atoms with Gasteiger partial charge in [-0.15, -0.1) is 11.8 Å². The zero-order valence-corrected chi connectivity index (χ0v) is 13.3. The van der Waals surface area contributed by atoms with Crippen molar-refractivity contribution in [3.63, 3.8) is 0 Å². The van der Waals surface area contributed by atoms with Gasteiger partial charge in [0, 0.05) is 10.5 Å². The molecule has 2 rings (SSSR count). The fraction of sp³-hybridized carbons (Fsp3) is 0.278. The molecular formula is C18H20O2S. The molecule has 0 aliphatic carbocycles. The van der Waals surface area contributed by atoms with Crippen LogP contribution >= 0.6 is 11.8 Å². The van der Waals surface area contributed by atoms with Gasteiger partial charge in [0.2, 0.25) is 0 Å². The number of rotatable bonds is 7. The SMILES string of the molecule is CCCOc1ccc(C(=O)CSc2cccc(C)c2)cc1. The Labute approximate surface area is 130 Å². The summed E-state index contributed by atoms with van der Waals surface area (Å²) < 4.78 is 5.52. The normalized spacial score (nSPS) is 10.4. The van der Waals surface area contributed by atoms with E-state index in [2.05, 4.69) is 26.0 Å². The van der Waals surface area contributed by atoms with Crippen molar-refractivity contribution in [3.05, 3.63) is 59.7 Å². The molecule has 0 saturated carbocycles. The van der Waals surface area contributed by atoms with Gasteiger partial charge in [0.15, 0.2) is 5.78 Å². The Morgan fingerprint density at radius 1 is 1.14 bits per heavy atom. The van der Waals surface area contributed by atoms with Crippen LogP contribution in [-0.2, 0) is 0 Å². The molecule has 0 fully saturated rings. The van der Waals surface area contributed by atoms with Gasteiger partial charge in [-0.25, -0.2) is 0 Å². The van der Waals surface area contributed by atoms with Gasteiger partial charge >= 0.3 is 0 Å². The Hall–Kier alpha value is -1.74. The summed E-state index contributed by atoms with van der Waals surface area (Å²) in [5.74, 6) is 1.42. The minimum Gasteiger partial charge on any atom is -0.494 e. The van der Waals surface area contributed by atoms with Crippen molar-refractivity contribution in [1.82, 2.24) is 0 Å². The molecule has 0 bridgehead atoms. The van der Waals surface area contributed by atoms with E-state index in [-0.39, 0.29) is 5.78 Å². The molecule has 0 atom stereocenters. The topological polar surface area (TPSA) is 26.3 Å². The van der Waals surface area contributed by atoms with Crippen molar-refractivity contribution in [3.8, 4) is 5.75 Å². The average molecular weight is 300 g/mol. The van der Waals surface area contributed by atoms with Gasteiger partial charge in [-0.05, 0) is 49.7 Å². The highest BCUT2D eigenvalue weighted by atomic mass is 32.2. The van der Waals surface area contributed by atoms with E-state index in [0.29, 0.717) is 12.4 Å². The second-order valence-electron chi connectivity index (χ2n) is 4.90. The summed E-state index contributed by atoms with van der Waals surface area (Å²) in [7, 11) is 0. The van der Waals surface area contributed by atoms with Crippen LogP contribution < -0.4 is 4.74 Å². The summed E-state index contributed by atoms with van der Waals surface area (Å²) in [5.41, 5.74) is 1.95. The molecule has 21 heavy (non-hydrogen) atoms. The zero-order valence-electron chi connectivity index (χ0n) is 12.5. The molecule has 0 N–H and O–H groups in total. The lowest BCUT2D eigenvalue weighted by molar-refractivity contribution is 0.102. The maximum atomic E-state index is 12.2. The van der Waals surface area contributed by atoms with Crippen LogP contribution in [0.1, 0.15) is 29.3 Å². The number of thioether (sulfide) groups is 1. The third-order valence-corrected chi connectivity index (χ3v) is 4.00. The maximum Gasteiger partial charge on any atom is 0.173 e.